The highest BCUT2D eigenvalue weighted by atomic mass is 33.1. The lowest BCUT2D eigenvalue weighted by molar-refractivity contribution is -0.150. The molecule has 2 bridgehead atoms. The van der Waals surface area contributed by atoms with Crippen molar-refractivity contribution in [3.05, 3.63) is 120 Å². The Hall–Kier alpha value is -11.2. The molecule has 612 valence electrons. The van der Waals surface area contributed by atoms with Crippen LogP contribution in [-0.4, -0.2) is 252 Å². The van der Waals surface area contributed by atoms with Crippen molar-refractivity contribution in [1.82, 2.24) is 83.2 Å². The second kappa shape index (κ2) is 42.5. The number of primary amides is 1. The zero-order chi connectivity index (χ0) is 82.8. The highest BCUT2D eigenvalue weighted by molar-refractivity contribution is 8.77. The van der Waals surface area contributed by atoms with Gasteiger partial charge in [-0.3, -0.25) is 77.3 Å². The number of rotatable bonds is 21. The molecule has 0 spiro atoms. The van der Waals surface area contributed by atoms with E-state index >= 15 is 9.59 Å². The number of aromatic hydroxyl groups is 1. The van der Waals surface area contributed by atoms with Crippen LogP contribution < -0.4 is 70.0 Å². The molecular weight excluding hydrogens is 1500 g/mol. The first-order chi connectivity index (χ1) is 53.6. The fourth-order valence-corrected chi connectivity index (χ4v) is 15.8. The van der Waals surface area contributed by atoms with Crippen LogP contribution in [0.4, 0.5) is 0 Å². The van der Waals surface area contributed by atoms with Gasteiger partial charge in [0.2, 0.25) is 82.6 Å². The number of nitrogens with zero attached hydrogens (tertiary/aromatic N) is 4. The molecule has 19 N–H and O–H groups in total. The van der Waals surface area contributed by atoms with Gasteiger partial charge in [-0.15, -0.1) is 0 Å². The van der Waals surface area contributed by atoms with Crippen LogP contribution in [0.25, 0.3) is 0 Å². The number of guanidine groups is 1. The largest absolute Gasteiger partial charge is 0.508 e. The first kappa shape index (κ1) is 89.1. The number of imidazole rings is 1. The van der Waals surface area contributed by atoms with E-state index in [0.29, 0.717) is 16.7 Å². The fraction of sp³-hybridized carbons (Fsp3) is 0.507. The minimum Gasteiger partial charge on any atom is -0.508 e. The number of likely N-dealkylation sites (N-methyl/N-ethyl adjacent to an activating group) is 1. The van der Waals surface area contributed by atoms with Crippen molar-refractivity contribution < 1.29 is 82.1 Å². The maximum atomic E-state index is 15.2. The van der Waals surface area contributed by atoms with Crippen LogP contribution in [0.15, 0.2) is 97.5 Å². The lowest BCUT2D eigenvalue weighted by Gasteiger charge is -2.36. The van der Waals surface area contributed by atoms with Gasteiger partial charge in [0.25, 0.3) is 5.91 Å². The molecule has 3 aromatic carbocycles. The van der Waals surface area contributed by atoms with Crippen LogP contribution in [-0.2, 0) is 97.6 Å². The van der Waals surface area contributed by atoms with E-state index in [9.17, 15) is 72.5 Å². The number of benzene rings is 3. The summed E-state index contributed by atoms with van der Waals surface area (Å²) >= 11 is 0. The van der Waals surface area contributed by atoms with Crippen LogP contribution in [0.5, 0.6) is 5.75 Å². The highest BCUT2D eigenvalue weighted by Gasteiger charge is 2.45. The Morgan fingerprint density at radius 1 is 0.708 bits per heavy atom. The highest BCUT2D eigenvalue weighted by Crippen LogP contribution is 2.39. The number of fused-ring (bicyclic) bond motifs is 3. The normalized spacial score (nSPS) is 23.5. The number of amides is 14. The van der Waals surface area contributed by atoms with Gasteiger partial charge in [-0.2, -0.15) is 0 Å². The summed E-state index contributed by atoms with van der Waals surface area (Å²) in [5, 5.41) is 57.7. The average Bonchev–Trinajstić information content (AvgIpc) is 1.80. The van der Waals surface area contributed by atoms with Crippen molar-refractivity contribution in [3.8, 4) is 5.75 Å². The van der Waals surface area contributed by atoms with E-state index in [1.165, 1.54) is 69.5 Å². The number of H-pyrrole nitrogens is 1. The number of phenols is 1. The maximum Gasteiger partial charge on any atom is 0.292 e. The third-order valence-corrected chi connectivity index (χ3v) is 22.4. The number of carbonyl (C=O) groups excluding carboxylic acids is 15. The SMILES string of the molecule is CC(=O)N[C@@H](CCCNC(=N)N)C(=O)N[C@@H](Cc1ccccc1)C(=O)N[C@@H]1C(=O)N[C@@H]([C@@H](C)O)C(=O)NCC(=O)N[C@@H](Cc2c[nH]cn2)C(=O)N[C@@H](Cc2ccccc2)C(=O)N[C@H]2CCCN(CC(=O)N(C)[C@@H](CC(C)C)C(=O)N[C@@H](Cc3ccc(O)cc3)C(=O)C(=O)N3CCC[C@H]3C(=O)N[C@H](C(N)=O)CSSC1(C)C)C2=O. The summed E-state index contributed by atoms with van der Waals surface area (Å²) in [5.74, 6) is -15.2. The number of aromatic nitrogens is 2. The number of piperidine rings is 1. The third-order valence-electron chi connectivity index (χ3n) is 19.1. The minimum atomic E-state index is -1.92. The number of aliphatic hydroxyl groups excluding tert-OH is 1. The number of nitrogens with one attached hydrogen (secondary N) is 13. The lowest BCUT2D eigenvalue weighted by atomic mass is 9.98. The Morgan fingerprint density at radius 2 is 1.34 bits per heavy atom. The molecule has 3 saturated heterocycles. The molecule has 14 amide bonds. The molecule has 1 aromatic heterocycles. The zero-order valence-corrected chi connectivity index (χ0v) is 65.7. The molecule has 36 nitrogen and oxygen atoms in total. The minimum absolute atomic E-state index is 0.000492. The van der Waals surface area contributed by atoms with Gasteiger partial charge in [-0.25, -0.2) is 4.98 Å². The van der Waals surface area contributed by atoms with Crippen LogP contribution in [0.2, 0.25) is 0 Å². The summed E-state index contributed by atoms with van der Waals surface area (Å²) in [6.45, 7) is 7.42. The molecule has 113 heavy (non-hydrogen) atoms. The molecule has 0 unspecified atom stereocenters. The molecule has 12 atom stereocenters. The number of hydrogen-bond acceptors (Lipinski definition) is 21. The second-order valence-corrected chi connectivity index (χ2v) is 32.0. The molecule has 3 aliphatic heterocycles. The Morgan fingerprint density at radius 3 is 1.96 bits per heavy atom. The molecule has 38 heteroatoms. The van der Waals surface area contributed by atoms with Crippen LogP contribution >= 0.6 is 21.6 Å². The zero-order valence-electron chi connectivity index (χ0n) is 64.0. The third kappa shape index (κ3) is 27.1. The molecule has 7 rings (SSSR count). The molecule has 4 heterocycles. The van der Waals surface area contributed by atoms with Gasteiger partial charge in [0.1, 0.15) is 72.2 Å². The van der Waals surface area contributed by atoms with Crippen LogP contribution in [0.3, 0.4) is 0 Å². The van der Waals surface area contributed by atoms with E-state index in [2.05, 4.69) is 68.5 Å². The summed E-state index contributed by atoms with van der Waals surface area (Å²) in [6.07, 6.45) is 0.818. The van der Waals surface area contributed by atoms with Gasteiger partial charge in [0, 0.05) is 76.0 Å². The van der Waals surface area contributed by atoms with Crippen LogP contribution in [0.1, 0.15) is 109 Å². The monoisotopic (exact) mass is 1610 g/mol. The summed E-state index contributed by atoms with van der Waals surface area (Å²) in [4.78, 5) is 226. The van der Waals surface area contributed by atoms with Crippen molar-refractivity contribution in [1.29, 1.82) is 5.41 Å². The number of nitrogens with two attached hydrogens (primary N) is 2. The first-order valence-corrected chi connectivity index (χ1v) is 39.5. The molecule has 0 aliphatic carbocycles. The Labute approximate surface area is 661 Å². The first-order valence-electron chi connectivity index (χ1n) is 37.1. The van der Waals surface area contributed by atoms with Gasteiger partial charge >= 0.3 is 0 Å². The molecular formula is C75H103N19O17S2. The number of Topliss-reactive ketones (excluding diaryl/α,β-unsaturated/α-hetero) is 1. The number of hydrogen-bond donors (Lipinski definition) is 17. The van der Waals surface area contributed by atoms with E-state index in [-0.39, 0.29) is 119 Å². The fourth-order valence-electron chi connectivity index (χ4n) is 13.0. The summed E-state index contributed by atoms with van der Waals surface area (Å²) < 4.78 is -1.60. The summed E-state index contributed by atoms with van der Waals surface area (Å²) in [6, 6.07) is 5.91. The predicted octanol–water partition coefficient (Wildman–Crippen LogP) is -2.76. The Bertz CT molecular complexity index is 4050. The van der Waals surface area contributed by atoms with E-state index < -0.39 is 179 Å². The van der Waals surface area contributed by atoms with E-state index in [4.69, 9.17) is 16.9 Å². The van der Waals surface area contributed by atoms with Gasteiger partial charge in [-0.1, -0.05) is 108 Å². The maximum absolute atomic E-state index is 15.2. The predicted molar refractivity (Wildman–Crippen MR) is 416 cm³/mol. The number of carbonyl (C=O) groups is 15. The van der Waals surface area contributed by atoms with Crippen molar-refractivity contribution in [2.75, 3.05) is 45.5 Å². The number of ketones is 1. The van der Waals surface area contributed by atoms with Crippen molar-refractivity contribution in [3.63, 3.8) is 0 Å². The van der Waals surface area contributed by atoms with Gasteiger partial charge in [0.15, 0.2) is 5.96 Å². The van der Waals surface area contributed by atoms with Crippen LogP contribution in [0, 0.1) is 11.3 Å². The molecule has 3 fully saturated rings. The van der Waals surface area contributed by atoms with E-state index in [1.807, 2.05) is 0 Å². The standard InChI is InChI=1S/C75H103N19O17S2/c1-41(2)31-57-69(107)86-51(32-46-24-26-48(97)27-25-46)61(100)73(111)94-30-16-23-56(94)68(106)89-55(63(76)101)39-112-113-75(5,6)62(91-67(105)53(34-45-19-12-9-13-20-45)87-64(102)49(83-43(4)96)21-14-28-80-74(77)78)71(109)90-60(42(3)95)70(108)81-37-58(98)84-54(35-47-36-79-40-82-47)66(104)88-52(33-44-17-10-8-11-18-44)65(103)85-50-22-15-29-93(72(50)110)38-59(99)92(57)7/h8-13,17-20,24-27,36,40-42,49-57,60,62,95,97H,14-16,21-23,28-35,37-39H2,1-7H3,(H2,76,101)(H,79,82)(H,81,108)(H,83,96)(H,84,98)(H,85,103)(H,86,107)(H,87,102)(H,88,104)(H,89,106)(H,90,109)(H,91,105)(H4,77,78,80)/t42-,49+,50+,51+,52+,53+,54+,55+,56+,57+,60+,62-/m1/s1. The Balaban J connectivity index is 1.26. The second-order valence-electron chi connectivity index (χ2n) is 29.0. The lowest BCUT2D eigenvalue weighted by Crippen LogP contribution is -2.64. The average molecular weight is 1610 g/mol. The van der Waals surface area contributed by atoms with Gasteiger partial charge < -0.3 is 99.8 Å². The smallest absolute Gasteiger partial charge is 0.292 e. The number of phenolic OH excluding ortho intramolecular Hbond substituents is 1. The van der Waals surface area contributed by atoms with Crippen molar-refractivity contribution >= 4 is 116 Å². The van der Waals surface area contributed by atoms with Crippen molar-refractivity contribution in [2.45, 2.75) is 189 Å². The molecule has 0 radical (unpaired) electrons. The summed E-state index contributed by atoms with van der Waals surface area (Å²) in [7, 11) is 3.08. The molecule has 3 aliphatic rings. The van der Waals surface area contributed by atoms with Gasteiger partial charge in [-0.05, 0) is 100 Å². The summed E-state index contributed by atoms with van der Waals surface area (Å²) in [5.41, 5.74) is 13.1. The van der Waals surface area contributed by atoms with E-state index in [0.717, 1.165) is 38.3 Å². The van der Waals surface area contributed by atoms with Crippen molar-refractivity contribution in [2.24, 2.45) is 17.4 Å². The van der Waals surface area contributed by atoms with E-state index in [1.54, 1.807) is 74.5 Å². The number of aliphatic hydroxyl groups is 1. The van der Waals surface area contributed by atoms with Gasteiger partial charge in [0.05, 0.1) is 31.2 Å². The molecule has 4 aromatic rings. The quantitative estimate of drug-likeness (QED) is 0.0132. The Kier molecular flexibility index (Phi) is 33.5. The topological polar surface area (TPSA) is 543 Å². The number of aromatic amines is 1. The molecule has 0 saturated carbocycles.